The number of aromatic nitrogens is 1. The molecule has 1 atom stereocenters. The molecule has 0 spiro atoms. The second-order valence-corrected chi connectivity index (χ2v) is 7.49. The molecule has 2 aromatic carbocycles. The molecule has 0 aliphatic rings. The van der Waals surface area contributed by atoms with Gasteiger partial charge in [-0.15, -0.1) is 0 Å². The van der Waals surface area contributed by atoms with Crippen molar-refractivity contribution in [1.82, 2.24) is 9.88 Å². The molecule has 0 saturated heterocycles. The number of nitrogens with zero attached hydrogens (tertiary/aromatic N) is 1. The third-order valence-electron chi connectivity index (χ3n) is 5.42. The average molecular weight is 421 g/mol. The highest BCUT2D eigenvalue weighted by atomic mass is 16.4. The predicted molar refractivity (Wildman–Crippen MR) is 133 cm³/mol. The van der Waals surface area contributed by atoms with Crippen LogP contribution in [0.3, 0.4) is 0 Å². The van der Waals surface area contributed by atoms with Gasteiger partial charge in [0, 0.05) is 12.7 Å². The number of hydrogen-bond acceptors (Lipinski definition) is 3. The summed E-state index contributed by atoms with van der Waals surface area (Å²) in [7, 11) is 1.93. The summed E-state index contributed by atoms with van der Waals surface area (Å²) in [5, 5.41) is 3.27. The summed E-state index contributed by atoms with van der Waals surface area (Å²) >= 11 is 0. The van der Waals surface area contributed by atoms with Crippen LogP contribution in [-0.4, -0.2) is 11.6 Å². The van der Waals surface area contributed by atoms with Crippen LogP contribution in [0.2, 0.25) is 0 Å². The number of unbranched alkanes of at least 4 members (excludes halogenated alkanes) is 1. The summed E-state index contributed by atoms with van der Waals surface area (Å²) in [6, 6.07) is 12.1. The lowest BCUT2D eigenvalue weighted by atomic mass is 10.0. The minimum atomic E-state index is -0.324. The normalized spacial score (nSPS) is 12.7. The van der Waals surface area contributed by atoms with E-state index in [1.165, 1.54) is 0 Å². The van der Waals surface area contributed by atoms with Crippen LogP contribution in [0, 0.1) is 13.8 Å². The quantitative estimate of drug-likeness (QED) is 0.429. The standard InChI is InChI=1S/C25H30N2O2.C2H6/c1-6-7-8-9-13-22(26-5)21-12-10-11-20(16-21)19(4)27-23-14-17(2)18(3)15-24(23)29-25(27)28;1-2/h8-16,19,26H,6-7H2,1-5H3;1-2H3/b9-8-,22-13-;/t19-;/m1./s1. The van der Waals surface area contributed by atoms with E-state index in [2.05, 4.69) is 55.6 Å². The van der Waals surface area contributed by atoms with E-state index in [0.29, 0.717) is 5.58 Å². The fourth-order valence-electron chi connectivity index (χ4n) is 3.52. The molecule has 1 N–H and O–H groups in total. The van der Waals surface area contributed by atoms with E-state index in [9.17, 15) is 4.79 Å². The first kappa shape index (κ1) is 24.3. The molecule has 166 valence electrons. The van der Waals surface area contributed by atoms with Gasteiger partial charge in [0.05, 0.1) is 11.6 Å². The second kappa shape index (κ2) is 11.4. The molecular formula is C27H36N2O2. The van der Waals surface area contributed by atoms with E-state index in [0.717, 1.165) is 46.3 Å². The number of allylic oxidation sites excluding steroid dienone is 3. The third-order valence-corrected chi connectivity index (χ3v) is 5.42. The zero-order chi connectivity index (χ0) is 23.0. The van der Waals surface area contributed by atoms with Gasteiger partial charge in [-0.25, -0.2) is 4.79 Å². The van der Waals surface area contributed by atoms with Gasteiger partial charge in [-0.1, -0.05) is 57.5 Å². The molecule has 0 bridgehead atoms. The van der Waals surface area contributed by atoms with E-state index in [4.69, 9.17) is 4.42 Å². The largest absolute Gasteiger partial charge is 0.420 e. The Morgan fingerprint density at radius 3 is 2.55 bits per heavy atom. The van der Waals surface area contributed by atoms with Gasteiger partial charge in [0.1, 0.15) is 0 Å². The lowest BCUT2D eigenvalue weighted by Crippen LogP contribution is -2.19. The van der Waals surface area contributed by atoms with Crippen LogP contribution in [-0.2, 0) is 0 Å². The van der Waals surface area contributed by atoms with E-state index < -0.39 is 0 Å². The molecule has 0 amide bonds. The van der Waals surface area contributed by atoms with Crippen molar-refractivity contribution < 1.29 is 4.42 Å². The maximum absolute atomic E-state index is 12.6. The number of fused-ring (bicyclic) bond motifs is 1. The molecule has 0 saturated carbocycles. The molecule has 0 aliphatic carbocycles. The number of nitrogens with one attached hydrogen (secondary N) is 1. The average Bonchev–Trinajstić information content (AvgIpc) is 3.09. The minimum absolute atomic E-state index is 0.139. The van der Waals surface area contributed by atoms with E-state index >= 15 is 0 Å². The first-order valence-corrected chi connectivity index (χ1v) is 11.2. The van der Waals surface area contributed by atoms with Gasteiger partial charge in [-0.3, -0.25) is 4.57 Å². The van der Waals surface area contributed by atoms with Crippen LogP contribution in [0.25, 0.3) is 16.8 Å². The van der Waals surface area contributed by atoms with E-state index in [1.807, 2.05) is 52.9 Å². The molecule has 3 rings (SSSR count). The second-order valence-electron chi connectivity index (χ2n) is 7.49. The fraction of sp³-hybridized carbons (Fsp3) is 0.370. The van der Waals surface area contributed by atoms with E-state index in [-0.39, 0.29) is 11.8 Å². The van der Waals surface area contributed by atoms with Crippen molar-refractivity contribution in [2.24, 2.45) is 0 Å². The monoisotopic (exact) mass is 420 g/mol. The summed E-state index contributed by atoms with van der Waals surface area (Å²) in [4.78, 5) is 12.6. The molecule has 1 heterocycles. The minimum Gasteiger partial charge on any atom is -0.408 e. The number of aryl methyl sites for hydroxylation is 2. The summed E-state index contributed by atoms with van der Waals surface area (Å²) < 4.78 is 7.27. The maximum Gasteiger partial charge on any atom is 0.420 e. The zero-order valence-electron chi connectivity index (χ0n) is 20.0. The number of benzene rings is 2. The van der Waals surface area contributed by atoms with Crippen molar-refractivity contribution in [2.75, 3.05) is 7.05 Å². The summed E-state index contributed by atoms with van der Waals surface area (Å²) in [6.45, 7) is 12.3. The van der Waals surface area contributed by atoms with Gasteiger partial charge >= 0.3 is 5.76 Å². The molecule has 0 aliphatic heterocycles. The smallest absolute Gasteiger partial charge is 0.408 e. The number of rotatable bonds is 7. The molecule has 3 aromatic rings. The number of hydrogen-bond donors (Lipinski definition) is 1. The lowest BCUT2D eigenvalue weighted by molar-refractivity contribution is 0.490. The summed E-state index contributed by atoms with van der Waals surface area (Å²) in [6.07, 6.45) is 8.56. The van der Waals surface area contributed by atoms with E-state index in [1.54, 1.807) is 4.57 Å². The highest BCUT2D eigenvalue weighted by Gasteiger charge is 2.18. The first-order valence-electron chi connectivity index (χ1n) is 11.2. The number of oxazole rings is 1. The van der Waals surface area contributed by atoms with Crippen molar-refractivity contribution in [3.05, 3.63) is 87.4 Å². The van der Waals surface area contributed by atoms with Crippen LogP contribution in [0.1, 0.15) is 68.8 Å². The molecular weight excluding hydrogens is 384 g/mol. The molecule has 4 heteroatoms. The first-order chi connectivity index (χ1) is 15.0. The van der Waals surface area contributed by atoms with Gasteiger partial charge in [-0.2, -0.15) is 0 Å². The Morgan fingerprint density at radius 1 is 1.16 bits per heavy atom. The highest BCUT2D eigenvalue weighted by Crippen LogP contribution is 2.26. The Kier molecular flexibility index (Phi) is 8.92. The Morgan fingerprint density at radius 2 is 1.87 bits per heavy atom. The Bertz CT molecular complexity index is 1120. The third kappa shape index (κ3) is 5.57. The van der Waals surface area contributed by atoms with Crippen LogP contribution >= 0.6 is 0 Å². The lowest BCUT2D eigenvalue weighted by Gasteiger charge is -2.16. The van der Waals surface area contributed by atoms with Crippen LogP contribution in [0.15, 0.2) is 63.8 Å². The van der Waals surface area contributed by atoms with Crippen molar-refractivity contribution >= 4 is 16.8 Å². The fourth-order valence-corrected chi connectivity index (χ4v) is 3.52. The molecule has 0 fully saturated rings. The van der Waals surface area contributed by atoms with Crippen molar-refractivity contribution in [2.45, 2.75) is 60.4 Å². The molecule has 4 nitrogen and oxygen atoms in total. The van der Waals surface area contributed by atoms with Crippen LogP contribution < -0.4 is 11.1 Å². The molecule has 31 heavy (non-hydrogen) atoms. The molecule has 0 unspecified atom stereocenters. The van der Waals surface area contributed by atoms with Crippen molar-refractivity contribution in [3.8, 4) is 0 Å². The summed E-state index contributed by atoms with van der Waals surface area (Å²) in [5.74, 6) is -0.324. The topological polar surface area (TPSA) is 47.2 Å². The van der Waals surface area contributed by atoms with Crippen molar-refractivity contribution in [3.63, 3.8) is 0 Å². The van der Waals surface area contributed by atoms with Gasteiger partial charge in [0.15, 0.2) is 5.58 Å². The van der Waals surface area contributed by atoms with Gasteiger partial charge in [0.2, 0.25) is 0 Å². The van der Waals surface area contributed by atoms with Gasteiger partial charge in [-0.05, 0) is 73.7 Å². The van der Waals surface area contributed by atoms with Gasteiger partial charge < -0.3 is 9.73 Å². The Labute approximate surface area is 186 Å². The molecule has 0 radical (unpaired) electrons. The maximum atomic E-state index is 12.6. The van der Waals surface area contributed by atoms with Crippen LogP contribution in [0.5, 0.6) is 0 Å². The summed E-state index contributed by atoms with van der Waals surface area (Å²) in [5.41, 5.74) is 6.93. The van der Waals surface area contributed by atoms with Gasteiger partial charge in [0.25, 0.3) is 0 Å². The molecule has 1 aromatic heterocycles. The highest BCUT2D eigenvalue weighted by molar-refractivity contribution is 5.75. The van der Waals surface area contributed by atoms with Crippen molar-refractivity contribution in [1.29, 1.82) is 0 Å². The Balaban J connectivity index is 0.00000166. The zero-order valence-corrected chi connectivity index (χ0v) is 20.0. The SMILES string of the molecule is CC.CCC/C=C\C=C(/NC)c1cccc([C@@H](C)n2c(=O)oc3cc(C)c(C)cc32)c1. The Hall–Kier alpha value is -3.01. The predicted octanol–water partition coefficient (Wildman–Crippen LogP) is 6.76. The van der Waals surface area contributed by atoms with Crippen LogP contribution in [0.4, 0.5) is 0 Å².